The summed E-state index contributed by atoms with van der Waals surface area (Å²) in [7, 11) is -2.13. The predicted molar refractivity (Wildman–Crippen MR) is 112 cm³/mol. The van der Waals surface area contributed by atoms with Crippen LogP contribution < -0.4 is 9.62 Å². The van der Waals surface area contributed by atoms with E-state index in [1.54, 1.807) is 37.1 Å². The zero-order valence-electron chi connectivity index (χ0n) is 16.0. The maximum Gasteiger partial charge on any atom is 0.339 e. The number of aromatic nitrogens is 1. The number of pyridine rings is 1. The van der Waals surface area contributed by atoms with Crippen LogP contribution in [0, 0.1) is 6.92 Å². The fraction of sp³-hybridized carbons (Fsp3) is 0.143. The molecule has 8 heteroatoms. The van der Waals surface area contributed by atoms with Gasteiger partial charge in [-0.1, -0.05) is 48.5 Å². The lowest BCUT2D eigenvalue weighted by Crippen LogP contribution is -2.21. The van der Waals surface area contributed by atoms with Crippen molar-refractivity contribution in [2.24, 2.45) is 0 Å². The van der Waals surface area contributed by atoms with Crippen molar-refractivity contribution < 1.29 is 18.3 Å². The second-order valence-corrected chi connectivity index (χ2v) is 8.26. The number of hydrogen-bond donors (Lipinski definition) is 2. The topological polar surface area (TPSA) is 99.6 Å². The Balaban J connectivity index is 1.90. The lowest BCUT2D eigenvalue weighted by atomic mass is 10.2. The van der Waals surface area contributed by atoms with Gasteiger partial charge in [-0.3, -0.25) is 4.72 Å². The van der Waals surface area contributed by atoms with Crippen LogP contribution in [-0.2, 0) is 16.6 Å². The Morgan fingerprint density at radius 2 is 1.76 bits per heavy atom. The zero-order valence-corrected chi connectivity index (χ0v) is 16.8. The van der Waals surface area contributed by atoms with E-state index in [0.717, 1.165) is 5.56 Å². The maximum absolute atomic E-state index is 12.7. The molecule has 0 radical (unpaired) electrons. The number of sulfonamides is 1. The SMILES string of the molecule is Cc1ccccc1S(=O)(=O)Nc1cnc(N(C)Cc2ccccc2)c(C(=O)O)c1. The Morgan fingerprint density at radius 1 is 1.10 bits per heavy atom. The van der Waals surface area contributed by atoms with Gasteiger partial charge in [0.25, 0.3) is 10.0 Å². The molecule has 0 amide bonds. The van der Waals surface area contributed by atoms with Gasteiger partial charge >= 0.3 is 5.97 Å². The molecule has 150 valence electrons. The van der Waals surface area contributed by atoms with Gasteiger partial charge in [-0.05, 0) is 30.2 Å². The fourth-order valence-electron chi connectivity index (χ4n) is 2.98. The molecule has 0 aliphatic heterocycles. The van der Waals surface area contributed by atoms with Gasteiger partial charge in [0.2, 0.25) is 0 Å². The van der Waals surface area contributed by atoms with E-state index >= 15 is 0 Å². The van der Waals surface area contributed by atoms with Crippen LogP contribution >= 0.6 is 0 Å². The van der Waals surface area contributed by atoms with E-state index in [4.69, 9.17) is 0 Å². The van der Waals surface area contributed by atoms with Crippen LogP contribution in [0.5, 0.6) is 0 Å². The molecule has 0 aliphatic rings. The molecule has 1 heterocycles. The normalized spacial score (nSPS) is 11.1. The minimum atomic E-state index is -3.86. The molecular weight excluding hydrogens is 390 g/mol. The zero-order chi connectivity index (χ0) is 21.0. The molecular formula is C21H21N3O4S. The third-order valence-electron chi connectivity index (χ3n) is 4.36. The van der Waals surface area contributed by atoms with Gasteiger partial charge in [0.15, 0.2) is 0 Å². The number of benzene rings is 2. The molecule has 3 rings (SSSR count). The third kappa shape index (κ3) is 4.72. The van der Waals surface area contributed by atoms with E-state index in [1.165, 1.54) is 18.3 Å². The summed E-state index contributed by atoms with van der Waals surface area (Å²) in [5.74, 6) is -0.940. The van der Waals surface area contributed by atoms with E-state index in [-0.39, 0.29) is 22.0 Å². The Morgan fingerprint density at radius 3 is 2.41 bits per heavy atom. The summed E-state index contributed by atoms with van der Waals surface area (Å²) in [6, 6.07) is 17.4. The lowest BCUT2D eigenvalue weighted by Gasteiger charge is -2.21. The van der Waals surface area contributed by atoms with Crippen molar-refractivity contribution in [3.63, 3.8) is 0 Å². The van der Waals surface area contributed by atoms with E-state index in [2.05, 4.69) is 9.71 Å². The Bertz CT molecular complexity index is 1130. The Hall–Kier alpha value is -3.39. The minimum absolute atomic E-state index is 0.0857. The number of hydrogen-bond acceptors (Lipinski definition) is 5. The number of aryl methyl sites for hydroxylation is 1. The Kier molecular flexibility index (Phi) is 5.84. The minimum Gasteiger partial charge on any atom is -0.478 e. The highest BCUT2D eigenvalue weighted by molar-refractivity contribution is 7.92. The molecule has 0 aliphatic carbocycles. The molecule has 0 fully saturated rings. The maximum atomic E-state index is 12.7. The number of nitrogens with one attached hydrogen (secondary N) is 1. The number of aromatic carboxylic acids is 1. The molecule has 0 unspecified atom stereocenters. The van der Waals surface area contributed by atoms with Crippen LogP contribution in [0.1, 0.15) is 21.5 Å². The predicted octanol–water partition coefficient (Wildman–Crippen LogP) is 3.53. The fourth-order valence-corrected chi connectivity index (χ4v) is 4.26. The summed E-state index contributed by atoms with van der Waals surface area (Å²) >= 11 is 0. The highest BCUT2D eigenvalue weighted by atomic mass is 32.2. The number of carboxylic acid groups (broad SMARTS) is 1. The van der Waals surface area contributed by atoms with Crippen molar-refractivity contribution in [2.45, 2.75) is 18.4 Å². The molecule has 7 nitrogen and oxygen atoms in total. The van der Waals surface area contributed by atoms with Crippen LogP contribution in [0.3, 0.4) is 0 Å². The second kappa shape index (κ2) is 8.32. The van der Waals surface area contributed by atoms with Gasteiger partial charge in [-0.15, -0.1) is 0 Å². The van der Waals surface area contributed by atoms with Gasteiger partial charge in [-0.25, -0.2) is 18.2 Å². The first-order valence-corrected chi connectivity index (χ1v) is 10.3. The number of nitrogens with zero attached hydrogens (tertiary/aromatic N) is 2. The molecule has 0 saturated carbocycles. The van der Waals surface area contributed by atoms with E-state index in [9.17, 15) is 18.3 Å². The summed E-state index contributed by atoms with van der Waals surface area (Å²) in [4.78, 5) is 17.8. The lowest BCUT2D eigenvalue weighted by molar-refractivity contribution is 0.0697. The van der Waals surface area contributed by atoms with Gasteiger partial charge in [-0.2, -0.15) is 0 Å². The summed E-state index contributed by atoms with van der Waals surface area (Å²) in [6.07, 6.45) is 1.32. The van der Waals surface area contributed by atoms with Crippen molar-refractivity contribution in [3.8, 4) is 0 Å². The summed E-state index contributed by atoms with van der Waals surface area (Å²) in [6.45, 7) is 2.15. The van der Waals surface area contributed by atoms with Gasteiger partial charge < -0.3 is 10.0 Å². The molecule has 0 bridgehead atoms. The van der Waals surface area contributed by atoms with E-state index in [1.807, 2.05) is 30.3 Å². The van der Waals surface area contributed by atoms with E-state index in [0.29, 0.717) is 12.1 Å². The van der Waals surface area contributed by atoms with Gasteiger partial charge in [0.1, 0.15) is 11.4 Å². The number of anilines is 2. The summed E-state index contributed by atoms with van der Waals surface area (Å²) in [5.41, 5.74) is 1.58. The molecule has 0 spiro atoms. The monoisotopic (exact) mass is 411 g/mol. The second-order valence-electron chi connectivity index (χ2n) is 6.61. The van der Waals surface area contributed by atoms with Crippen LogP contribution in [0.2, 0.25) is 0 Å². The van der Waals surface area contributed by atoms with Crippen molar-refractivity contribution in [1.29, 1.82) is 0 Å². The van der Waals surface area contributed by atoms with Gasteiger partial charge in [0.05, 0.1) is 16.8 Å². The molecule has 0 atom stereocenters. The molecule has 0 saturated heterocycles. The first-order chi connectivity index (χ1) is 13.8. The molecule has 2 aromatic carbocycles. The average molecular weight is 411 g/mol. The Labute approximate surface area is 169 Å². The number of rotatable bonds is 7. The van der Waals surface area contributed by atoms with Crippen molar-refractivity contribution >= 4 is 27.5 Å². The number of carboxylic acids is 1. The highest BCUT2D eigenvalue weighted by Crippen LogP contribution is 2.24. The van der Waals surface area contributed by atoms with Crippen LogP contribution in [0.4, 0.5) is 11.5 Å². The summed E-state index contributed by atoms with van der Waals surface area (Å²) in [5, 5.41) is 9.62. The van der Waals surface area contributed by atoms with Crippen LogP contribution in [0.15, 0.2) is 71.8 Å². The summed E-state index contributed by atoms with van der Waals surface area (Å²) < 4.78 is 27.7. The van der Waals surface area contributed by atoms with Crippen molar-refractivity contribution in [2.75, 3.05) is 16.7 Å². The highest BCUT2D eigenvalue weighted by Gasteiger charge is 2.20. The molecule has 3 aromatic rings. The average Bonchev–Trinajstić information content (AvgIpc) is 2.68. The van der Waals surface area contributed by atoms with Crippen molar-refractivity contribution in [1.82, 2.24) is 4.98 Å². The first-order valence-electron chi connectivity index (χ1n) is 8.85. The smallest absolute Gasteiger partial charge is 0.339 e. The van der Waals surface area contributed by atoms with Gasteiger partial charge in [0, 0.05) is 13.6 Å². The van der Waals surface area contributed by atoms with Crippen LogP contribution in [-0.4, -0.2) is 31.5 Å². The third-order valence-corrected chi connectivity index (χ3v) is 5.90. The largest absolute Gasteiger partial charge is 0.478 e. The number of carbonyl (C=O) groups is 1. The first kappa shape index (κ1) is 20.3. The molecule has 2 N–H and O–H groups in total. The van der Waals surface area contributed by atoms with Crippen LogP contribution in [0.25, 0.3) is 0 Å². The van der Waals surface area contributed by atoms with E-state index < -0.39 is 16.0 Å². The van der Waals surface area contributed by atoms with Crippen molar-refractivity contribution in [3.05, 3.63) is 83.6 Å². The molecule has 29 heavy (non-hydrogen) atoms. The standard InChI is InChI=1S/C21H21N3O4S/c1-15-8-6-7-11-19(15)29(27,28)23-17-12-18(21(25)26)20(22-13-17)24(2)14-16-9-4-3-5-10-16/h3-13,23H,14H2,1-2H3,(H,25,26). The molecule has 1 aromatic heterocycles. The quantitative estimate of drug-likeness (QED) is 0.617.